The van der Waals surface area contributed by atoms with E-state index >= 15 is 0 Å². The molecular formula is C16H21NO3. The van der Waals surface area contributed by atoms with Crippen LogP contribution in [0, 0.1) is 5.41 Å². The van der Waals surface area contributed by atoms with Crippen LogP contribution in [0.5, 0.6) is 5.75 Å². The predicted octanol–water partition coefficient (Wildman–Crippen LogP) is 3.02. The van der Waals surface area contributed by atoms with Crippen LogP contribution in [0.4, 0.5) is 5.69 Å². The number of anilines is 1. The number of aliphatic hydroxyl groups excluding tert-OH is 1. The van der Waals surface area contributed by atoms with Crippen molar-refractivity contribution in [3.05, 3.63) is 23.8 Å². The molecule has 4 nitrogen and oxygen atoms in total. The molecule has 0 saturated heterocycles. The number of benzene rings is 1. The first-order chi connectivity index (χ1) is 9.58. The molecule has 0 radical (unpaired) electrons. The smallest absolute Gasteiger partial charge is 0.262 e. The maximum absolute atomic E-state index is 11.4. The third-order valence-electron chi connectivity index (χ3n) is 4.61. The van der Waals surface area contributed by atoms with E-state index in [4.69, 9.17) is 4.74 Å². The molecule has 0 aromatic heterocycles. The average molecular weight is 275 g/mol. The lowest BCUT2D eigenvalue weighted by atomic mass is 9.70. The van der Waals surface area contributed by atoms with Gasteiger partial charge in [-0.15, -0.1) is 0 Å². The highest BCUT2D eigenvalue weighted by Gasteiger charge is 2.35. The fourth-order valence-electron chi connectivity index (χ4n) is 3.31. The third kappa shape index (κ3) is 2.40. The number of nitrogens with one attached hydrogen (secondary N) is 1. The van der Waals surface area contributed by atoms with Gasteiger partial charge < -0.3 is 15.2 Å². The van der Waals surface area contributed by atoms with Crippen LogP contribution in [0.15, 0.2) is 18.2 Å². The van der Waals surface area contributed by atoms with Gasteiger partial charge in [0.15, 0.2) is 6.61 Å². The Morgan fingerprint density at radius 2 is 2.05 bits per heavy atom. The van der Waals surface area contributed by atoms with Crippen LogP contribution in [0.25, 0.3) is 0 Å². The molecule has 1 amide bonds. The molecule has 2 aliphatic rings. The molecule has 20 heavy (non-hydrogen) atoms. The van der Waals surface area contributed by atoms with E-state index in [2.05, 4.69) is 12.2 Å². The zero-order valence-corrected chi connectivity index (χ0v) is 11.8. The zero-order valence-electron chi connectivity index (χ0n) is 11.8. The van der Waals surface area contributed by atoms with Crippen molar-refractivity contribution < 1.29 is 14.6 Å². The lowest BCUT2D eigenvalue weighted by molar-refractivity contribution is -0.118. The van der Waals surface area contributed by atoms with Crippen LogP contribution in [0.3, 0.4) is 0 Å². The van der Waals surface area contributed by atoms with Crippen LogP contribution in [0.2, 0.25) is 0 Å². The van der Waals surface area contributed by atoms with Gasteiger partial charge in [0.05, 0.1) is 11.8 Å². The topological polar surface area (TPSA) is 58.6 Å². The van der Waals surface area contributed by atoms with Crippen molar-refractivity contribution in [1.29, 1.82) is 0 Å². The Bertz CT molecular complexity index is 520. The van der Waals surface area contributed by atoms with Crippen molar-refractivity contribution in [3.63, 3.8) is 0 Å². The molecule has 3 rings (SSSR count). The number of carbonyl (C=O) groups excluding carboxylic acids is 1. The Hall–Kier alpha value is -1.55. The van der Waals surface area contributed by atoms with Crippen LogP contribution in [-0.4, -0.2) is 17.6 Å². The van der Waals surface area contributed by atoms with E-state index in [1.54, 1.807) is 0 Å². The Morgan fingerprint density at radius 1 is 1.30 bits per heavy atom. The van der Waals surface area contributed by atoms with Gasteiger partial charge in [-0.25, -0.2) is 0 Å². The molecule has 2 N–H and O–H groups in total. The number of carbonyl (C=O) groups is 1. The Morgan fingerprint density at radius 3 is 2.80 bits per heavy atom. The minimum absolute atomic E-state index is 0.0621. The highest BCUT2D eigenvalue weighted by molar-refractivity contribution is 5.95. The summed E-state index contributed by atoms with van der Waals surface area (Å²) in [4.78, 5) is 11.4. The lowest BCUT2D eigenvalue weighted by Crippen LogP contribution is -2.29. The van der Waals surface area contributed by atoms with Crippen LogP contribution in [-0.2, 0) is 4.79 Å². The number of aliphatic hydroxyl groups is 1. The second-order valence-corrected chi connectivity index (χ2v) is 6.21. The summed E-state index contributed by atoms with van der Waals surface area (Å²) < 4.78 is 5.35. The lowest BCUT2D eigenvalue weighted by Gasteiger charge is -2.38. The summed E-state index contributed by atoms with van der Waals surface area (Å²) in [6, 6.07) is 5.58. The van der Waals surface area contributed by atoms with E-state index < -0.39 is 6.10 Å². The Kier molecular flexibility index (Phi) is 3.42. The number of amides is 1. The summed E-state index contributed by atoms with van der Waals surface area (Å²) in [5.41, 5.74) is 1.46. The molecule has 108 valence electrons. The molecular weight excluding hydrogens is 254 g/mol. The molecule has 1 atom stereocenters. The SMILES string of the molecule is CC1(C(O)c2ccc3c(c2)NC(=O)CO3)CCCCC1. The molecule has 1 aromatic carbocycles. The minimum atomic E-state index is -0.494. The number of hydrogen-bond acceptors (Lipinski definition) is 3. The summed E-state index contributed by atoms with van der Waals surface area (Å²) >= 11 is 0. The molecule has 4 heteroatoms. The summed E-state index contributed by atoms with van der Waals surface area (Å²) in [6.45, 7) is 2.22. The highest BCUT2D eigenvalue weighted by Crippen LogP contribution is 2.46. The Balaban J connectivity index is 1.86. The van der Waals surface area contributed by atoms with Gasteiger partial charge in [0.25, 0.3) is 5.91 Å². The summed E-state index contributed by atoms with van der Waals surface area (Å²) in [7, 11) is 0. The van der Waals surface area contributed by atoms with E-state index in [1.165, 1.54) is 19.3 Å². The molecule has 1 heterocycles. The van der Waals surface area contributed by atoms with Gasteiger partial charge in [-0.2, -0.15) is 0 Å². The van der Waals surface area contributed by atoms with Gasteiger partial charge in [0.1, 0.15) is 5.75 Å². The van der Waals surface area contributed by atoms with Gasteiger partial charge >= 0.3 is 0 Å². The standard InChI is InChI=1S/C16H21NO3/c1-16(7-3-2-4-8-16)15(19)11-5-6-13-12(9-11)17-14(18)10-20-13/h5-6,9,15,19H,2-4,7-8,10H2,1H3,(H,17,18). The largest absolute Gasteiger partial charge is 0.482 e. The van der Waals surface area contributed by atoms with Crippen molar-refractivity contribution in [1.82, 2.24) is 0 Å². The van der Waals surface area contributed by atoms with Crippen LogP contribution in [0.1, 0.15) is 50.7 Å². The fourth-order valence-corrected chi connectivity index (χ4v) is 3.31. The van der Waals surface area contributed by atoms with E-state index in [1.807, 2.05) is 18.2 Å². The second kappa shape index (κ2) is 5.09. The van der Waals surface area contributed by atoms with E-state index in [0.29, 0.717) is 11.4 Å². The molecule has 1 aromatic rings. The van der Waals surface area contributed by atoms with Crippen molar-refractivity contribution >= 4 is 11.6 Å². The van der Waals surface area contributed by atoms with Gasteiger partial charge in [-0.3, -0.25) is 4.79 Å². The van der Waals surface area contributed by atoms with Gasteiger partial charge in [-0.1, -0.05) is 32.3 Å². The van der Waals surface area contributed by atoms with E-state index in [9.17, 15) is 9.90 Å². The Labute approximate surface area is 119 Å². The van der Waals surface area contributed by atoms with Crippen molar-refractivity contribution in [2.45, 2.75) is 45.1 Å². The number of rotatable bonds is 2. The third-order valence-corrected chi connectivity index (χ3v) is 4.61. The van der Waals surface area contributed by atoms with Crippen molar-refractivity contribution in [2.75, 3.05) is 11.9 Å². The summed E-state index contributed by atoms with van der Waals surface area (Å²) in [5.74, 6) is 0.530. The minimum Gasteiger partial charge on any atom is -0.482 e. The van der Waals surface area contributed by atoms with E-state index in [-0.39, 0.29) is 17.9 Å². The fraction of sp³-hybridized carbons (Fsp3) is 0.562. The average Bonchev–Trinajstić information content (AvgIpc) is 2.46. The molecule has 0 spiro atoms. The first-order valence-corrected chi connectivity index (χ1v) is 7.33. The van der Waals surface area contributed by atoms with Crippen molar-refractivity contribution in [2.24, 2.45) is 5.41 Å². The maximum Gasteiger partial charge on any atom is 0.262 e. The monoisotopic (exact) mass is 275 g/mol. The number of fused-ring (bicyclic) bond motifs is 1. The highest BCUT2D eigenvalue weighted by atomic mass is 16.5. The van der Waals surface area contributed by atoms with Gasteiger partial charge in [0, 0.05) is 0 Å². The molecule has 1 aliphatic carbocycles. The molecule has 0 bridgehead atoms. The quantitative estimate of drug-likeness (QED) is 0.872. The first-order valence-electron chi connectivity index (χ1n) is 7.33. The molecule has 1 aliphatic heterocycles. The molecule has 1 unspecified atom stereocenters. The zero-order chi connectivity index (χ0) is 14.2. The number of hydrogen-bond donors (Lipinski definition) is 2. The first kappa shape index (κ1) is 13.4. The second-order valence-electron chi connectivity index (χ2n) is 6.21. The predicted molar refractivity (Wildman–Crippen MR) is 76.7 cm³/mol. The normalized spacial score (nSPS) is 22.4. The van der Waals surface area contributed by atoms with Gasteiger partial charge in [0.2, 0.25) is 0 Å². The van der Waals surface area contributed by atoms with Crippen LogP contribution < -0.4 is 10.1 Å². The maximum atomic E-state index is 11.4. The van der Waals surface area contributed by atoms with Crippen LogP contribution >= 0.6 is 0 Å². The molecule has 1 fully saturated rings. The van der Waals surface area contributed by atoms with Gasteiger partial charge in [-0.05, 0) is 36.0 Å². The van der Waals surface area contributed by atoms with Crippen molar-refractivity contribution in [3.8, 4) is 5.75 Å². The number of ether oxygens (including phenoxy) is 1. The molecule has 1 saturated carbocycles. The summed E-state index contributed by atoms with van der Waals surface area (Å²) in [5, 5.41) is 13.5. The summed E-state index contributed by atoms with van der Waals surface area (Å²) in [6.07, 6.45) is 5.22. The van der Waals surface area contributed by atoms with E-state index in [0.717, 1.165) is 18.4 Å².